The minimum Gasteiger partial charge on any atom is -0.396 e. The fourth-order valence-corrected chi connectivity index (χ4v) is 4.78. The Balaban J connectivity index is 1.85. The maximum atomic E-state index is 12.8. The minimum absolute atomic E-state index is 0.0304. The molecule has 0 bridgehead atoms. The number of carbonyl (C=O) groups excluding carboxylic acids is 1. The van der Waals surface area contributed by atoms with Gasteiger partial charge in [0.25, 0.3) is 10.0 Å². The number of carbonyl (C=O) groups is 1. The van der Waals surface area contributed by atoms with E-state index in [4.69, 9.17) is 22.4 Å². The molecule has 29 heavy (non-hydrogen) atoms. The van der Waals surface area contributed by atoms with Crippen molar-refractivity contribution in [3.05, 3.63) is 58.6 Å². The maximum absolute atomic E-state index is 12.8. The molecule has 9 heteroatoms. The van der Waals surface area contributed by atoms with E-state index in [1.165, 1.54) is 6.07 Å². The van der Waals surface area contributed by atoms with Crippen LogP contribution in [0.1, 0.15) is 24.0 Å². The molecule has 0 aromatic heterocycles. The van der Waals surface area contributed by atoms with Crippen LogP contribution < -0.4 is 10.6 Å². The number of aryl methyl sites for hydroxylation is 1. The molecular formula is C20H22ClN3O4S. The Kier molecular flexibility index (Phi) is 6.56. The number of aliphatic hydroxyl groups is 1. The number of fused-ring (bicyclic) bond motifs is 1. The van der Waals surface area contributed by atoms with E-state index in [0.717, 1.165) is 11.1 Å². The largest absolute Gasteiger partial charge is 0.396 e. The molecule has 2 aromatic carbocycles. The Morgan fingerprint density at radius 1 is 1.21 bits per heavy atom. The molecule has 3 rings (SSSR count). The first-order valence-electron chi connectivity index (χ1n) is 9.18. The number of sulfonamides is 1. The molecule has 1 amide bonds. The summed E-state index contributed by atoms with van der Waals surface area (Å²) in [6.07, 6.45) is 1.45. The highest BCUT2D eigenvalue weighted by atomic mass is 35.5. The minimum atomic E-state index is -4.16. The monoisotopic (exact) mass is 435 g/mol. The molecule has 1 aliphatic heterocycles. The number of nitrogens with zero attached hydrogens (tertiary/aromatic N) is 2. The van der Waals surface area contributed by atoms with Gasteiger partial charge in [0.2, 0.25) is 5.91 Å². The summed E-state index contributed by atoms with van der Waals surface area (Å²) in [4.78, 5) is 14.1. The molecule has 0 saturated carbocycles. The van der Waals surface area contributed by atoms with Crippen LogP contribution in [0.4, 0.5) is 5.69 Å². The number of aliphatic hydroxyl groups excluding tert-OH is 1. The van der Waals surface area contributed by atoms with Crippen LogP contribution >= 0.6 is 11.6 Å². The van der Waals surface area contributed by atoms with Gasteiger partial charge in [-0.1, -0.05) is 41.9 Å². The summed E-state index contributed by atoms with van der Waals surface area (Å²) in [5, 5.41) is 8.92. The molecule has 3 N–H and O–H groups in total. The van der Waals surface area contributed by atoms with Gasteiger partial charge < -0.3 is 15.7 Å². The van der Waals surface area contributed by atoms with Crippen LogP contribution in [-0.2, 0) is 27.7 Å². The van der Waals surface area contributed by atoms with Crippen molar-refractivity contribution in [1.29, 1.82) is 0 Å². The topological polar surface area (TPSA) is 113 Å². The Bertz CT molecular complexity index is 1040. The Hall–Kier alpha value is -2.42. The van der Waals surface area contributed by atoms with Gasteiger partial charge in [-0.2, -0.15) is 8.42 Å². The van der Waals surface area contributed by atoms with E-state index in [2.05, 4.69) is 4.40 Å². The number of rotatable bonds is 7. The van der Waals surface area contributed by atoms with Crippen molar-refractivity contribution in [3.63, 3.8) is 0 Å². The fraction of sp³-hybridized carbons (Fsp3) is 0.300. The molecule has 1 heterocycles. The predicted molar refractivity (Wildman–Crippen MR) is 113 cm³/mol. The summed E-state index contributed by atoms with van der Waals surface area (Å²) in [5.74, 6) is -0.290. The molecule has 0 radical (unpaired) electrons. The lowest BCUT2D eigenvalue weighted by molar-refractivity contribution is -0.118. The first-order chi connectivity index (χ1) is 13.8. The predicted octanol–water partition coefficient (Wildman–Crippen LogP) is 2.29. The number of hydrogen-bond acceptors (Lipinski definition) is 4. The number of hydrogen-bond donors (Lipinski definition) is 2. The summed E-state index contributed by atoms with van der Waals surface area (Å²) < 4.78 is 28.7. The van der Waals surface area contributed by atoms with Gasteiger partial charge in [0.05, 0.1) is 11.6 Å². The number of amides is 1. The molecular weight excluding hydrogens is 414 g/mol. The number of amidine groups is 1. The zero-order chi connectivity index (χ0) is 21.0. The molecule has 0 fully saturated rings. The van der Waals surface area contributed by atoms with Crippen LogP contribution in [0.3, 0.4) is 0 Å². The fourth-order valence-electron chi connectivity index (χ4n) is 3.24. The highest BCUT2D eigenvalue weighted by Gasteiger charge is 2.29. The van der Waals surface area contributed by atoms with Crippen molar-refractivity contribution in [2.75, 3.05) is 18.1 Å². The Morgan fingerprint density at radius 2 is 1.93 bits per heavy atom. The van der Waals surface area contributed by atoms with Crippen LogP contribution in [0.15, 0.2) is 51.8 Å². The average Bonchev–Trinajstić information content (AvgIpc) is 3.08. The summed E-state index contributed by atoms with van der Waals surface area (Å²) in [5.41, 5.74) is 7.95. The van der Waals surface area contributed by atoms with Crippen molar-refractivity contribution in [1.82, 2.24) is 0 Å². The third-order valence-electron chi connectivity index (χ3n) is 4.68. The lowest BCUT2D eigenvalue weighted by Gasteiger charge is -2.18. The molecule has 0 aliphatic carbocycles. The van der Waals surface area contributed by atoms with Crippen LogP contribution in [0.2, 0.25) is 5.02 Å². The van der Waals surface area contributed by atoms with E-state index in [1.807, 2.05) is 30.3 Å². The van der Waals surface area contributed by atoms with Gasteiger partial charge >= 0.3 is 0 Å². The van der Waals surface area contributed by atoms with Gasteiger partial charge in [0, 0.05) is 25.1 Å². The standard InChI is InChI=1S/C20H22ClN3O4S/c21-16-12-15-8-10-24(20(26)7-6-14-4-2-1-3-5-14)17(15)13-18(16)29(27,28)23-19(22)9-11-25/h1-5,12-13,25H,6-11H2,(H2,22,23). The third kappa shape index (κ3) is 4.95. The van der Waals surface area contributed by atoms with Crippen molar-refractivity contribution >= 4 is 39.1 Å². The highest BCUT2D eigenvalue weighted by molar-refractivity contribution is 7.90. The maximum Gasteiger partial charge on any atom is 0.285 e. The van der Waals surface area contributed by atoms with E-state index in [1.54, 1.807) is 11.0 Å². The van der Waals surface area contributed by atoms with Crippen molar-refractivity contribution in [2.45, 2.75) is 30.6 Å². The number of halogens is 1. The molecule has 0 atom stereocenters. The Labute approximate surface area is 174 Å². The molecule has 0 unspecified atom stereocenters. The lowest BCUT2D eigenvalue weighted by atomic mass is 10.1. The van der Waals surface area contributed by atoms with Gasteiger partial charge in [-0.15, -0.1) is 4.40 Å². The highest BCUT2D eigenvalue weighted by Crippen LogP contribution is 2.36. The second kappa shape index (κ2) is 8.94. The number of nitrogens with two attached hydrogens (primary N) is 1. The van der Waals surface area contributed by atoms with Gasteiger partial charge in [-0.25, -0.2) is 0 Å². The quantitative estimate of drug-likeness (QED) is 0.511. The second-order valence-corrected chi connectivity index (χ2v) is 8.70. The van der Waals surface area contributed by atoms with E-state index in [0.29, 0.717) is 31.5 Å². The van der Waals surface area contributed by atoms with Crippen LogP contribution in [0.5, 0.6) is 0 Å². The van der Waals surface area contributed by atoms with Crippen LogP contribution in [-0.4, -0.2) is 38.4 Å². The normalized spacial score (nSPS) is 14.1. The first-order valence-corrected chi connectivity index (χ1v) is 11.0. The van der Waals surface area contributed by atoms with Gasteiger partial charge in [0.15, 0.2) is 0 Å². The van der Waals surface area contributed by atoms with Gasteiger partial charge in [0.1, 0.15) is 10.7 Å². The lowest BCUT2D eigenvalue weighted by Crippen LogP contribution is -2.29. The van der Waals surface area contributed by atoms with Crippen molar-refractivity contribution < 1.29 is 18.3 Å². The van der Waals surface area contributed by atoms with Crippen LogP contribution in [0, 0.1) is 0 Å². The molecule has 154 valence electrons. The zero-order valence-electron chi connectivity index (χ0n) is 15.7. The van der Waals surface area contributed by atoms with Crippen molar-refractivity contribution in [2.24, 2.45) is 10.1 Å². The smallest absolute Gasteiger partial charge is 0.285 e. The molecule has 1 aliphatic rings. The Morgan fingerprint density at radius 3 is 2.62 bits per heavy atom. The summed E-state index contributed by atoms with van der Waals surface area (Å²) in [7, 11) is -4.16. The first kappa shape index (κ1) is 21.3. The summed E-state index contributed by atoms with van der Waals surface area (Å²) >= 11 is 6.18. The van der Waals surface area contributed by atoms with E-state index in [9.17, 15) is 13.2 Å². The molecule has 2 aromatic rings. The van der Waals surface area contributed by atoms with E-state index in [-0.39, 0.29) is 34.7 Å². The summed E-state index contributed by atoms with van der Waals surface area (Å²) in [6.45, 7) is 0.158. The second-order valence-electron chi connectivity index (χ2n) is 6.72. The third-order valence-corrected chi connectivity index (χ3v) is 6.48. The number of benzene rings is 2. The van der Waals surface area contributed by atoms with Crippen LogP contribution in [0.25, 0.3) is 0 Å². The van der Waals surface area contributed by atoms with Gasteiger partial charge in [-0.3, -0.25) is 4.79 Å². The van der Waals surface area contributed by atoms with E-state index < -0.39 is 10.0 Å². The number of anilines is 1. The average molecular weight is 436 g/mol. The SMILES string of the molecule is N/C(CCO)=N\S(=O)(=O)c1cc2c(cc1Cl)CCN2C(=O)CCc1ccccc1. The zero-order valence-corrected chi connectivity index (χ0v) is 17.3. The molecule has 7 nitrogen and oxygen atoms in total. The molecule has 0 spiro atoms. The van der Waals surface area contributed by atoms with E-state index >= 15 is 0 Å². The van der Waals surface area contributed by atoms with Gasteiger partial charge in [-0.05, 0) is 36.1 Å². The molecule has 0 saturated heterocycles. The summed E-state index contributed by atoms with van der Waals surface area (Å²) in [6, 6.07) is 12.6. The van der Waals surface area contributed by atoms with Crippen molar-refractivity contribution in [3.8, 4) is 0 Å².